The van der Waals surface area contributed by atoms with Gasteiger partial charge in [-0.1, -0.05) is 36.4 Å². The molecule has 1 aliphatic heterocycles. The highest BCUT2D eigenvalue weighted by atomic mass is 31.2. The van der Waals surface area contributed by atoms with Gasteiger partial charge in [-0.2, -0.15) is 10.3 Å². The summed E-state index contributed by atoms with van der Waals surface area (Å²) in [5.74, 6) is -0.504. The van der Waals surface area contributed by atoms with Crippen molar-refractivity contribution in [2.75, 3.05) is 7.11 Å². The van der Waals surface area contributed by atoms with Gasteiger partial charge in [0.25, 0.3) is 5.56 Å². The van der Waals surface area contributed by atoms with Gasteiger partial charge in [0.05, 0.1) is 13.2 Å². The lowest BCUT2D eigenvalue weighted by Gasteiger charge is -2.26. The quantitative estimate of drug-likeness (QED) is 0.266. The molecule has 40 heavy (non-hydrogen) atoms. The topological polar surface area (TPSA) is 182 Å². The van der Waals surface area contributed by atoms with Gasteiger partial charge in [-0.25, -0.2) is 9.36 Å². The third kappa shape index (κ3) is 4.64. The Labute approximate surface area is 227 Å². The number of hydrogen-bond acceptors (Lipinski definition) is 10. The molecular weight excluding hydrogens is 543 g/mol. The van der Waals surface area contributed by atoms with Crippen LogP contribution < -0.4 is 20.9 Å². The number of carbonyl (C=O) groups excluding carboxylic acids is 1. The maximum absolute atomic E-state index is 14.2. The van der Waals surface area contributed by atoms with E-state index in [2.05, 4.69) is 10.1 Å². The molecule has 13 nitrogen and oxygen atoms in total. The van der Waals surface area contributed by atoms with Crippen molar-refractivity contribution in [3.05, 3.63) is 75.6 Å². The number of esters is 1. The van der Waals surface area contributed by atoms with Crippen LogP contribution in [0.15, 0.2) is 64.3 Å². The average Bonchev–Trinajstić information content (AvgIpc) is 3.56. The first-order valence-electron chi connectivity index (χ1n) is 12.4. The van der Waals surface area contributed by atoms with Crippen LogP contribution in [0.2, 0.25) is 0 Å². The number of hydrogen-bond donors (Lipinski definition) is 3. The zero-order valence-corrected chi connectivity index (χ0v) is 22.7. The number of rotatable bonds is 8. The average molecular weight is 570 g/mol. The molecule has 0 radical (unpaired) electrons. The second-order valence-corrected chi connectivity index (χ2v) is 11.6. The van der Waals surface area contributed by atoms with E-state index in [9.17, 15) is 29.3 Å². The van der Waals surface area contributed by atoms with E-state index in [1.807, 2.05) is 24.3 Å². The van der Waals surface area contributed by atoms with Crippen molar-refractivity contribution in [3.63, 3.8) is 0 Å². The summed E-state index contributed by atoms with van der Waals surface area (Å²) < 4.78 is 37.8. The molecule has 2 aromatic carbocycles. The molecule has 210 valence electrons. The summed E-state index contributed by atoms with van der Waals surface area (Å²) in [5.41, 5.74) is -4.65. The smallest absolute Gasteiger partial charge is 0.459 e. The van der Waals surface area contributed by atoms with Crippen LogP contribution in [-0.4, -0.2) is 51.6 Å². The molecule has 1 aliphatic carbocycles. The van der Waals surface area contributed by atoms with E-state index in [0.717, 1.165) is 16.0 Å². The van der Waals surface area contributed by atoms with Gasteiger partial charge in [-0.3, -0.25) is 23.7 Å². The fraction of sp³-hybridized carbons (Fsp3) is 0.385. The minimum absolute atomic E-state index is 0.00276. The predicted octanol–water partition coefficient (Wildman–Crippen LogP) is 1.98. The van der Waals surface area contributed by atoms with Crippen molar-refractivity contribution in [3.8, 4) is 11.8 Å². The molecule has 0 amide bonds. The SMILES string of the molecule is COC(=O)[C@H](C)NP(=O)(Oc1cccc2ccccc12)OC1C[C@@]12O[C@@H](n1ccc(=O)[nH]c1=O)[C@](C)(C#N)[C@@H]2O. The highest BCUT2D eigenvalue weighted by Gasteiger charge is 2.75. The summed E-state index contributed by atoms with van der Waals surface area (Å²) in [4.78, 5) is 38.3. The Kier molecular flexibility index (Phi) is 6.94. The standard InChI is InChI=1S/C26H27N4O9P/c1-15(21(32)36-3)29-40(35,38-18-10-6-8-16-7-4-5-9-17(16)18)39-19-13-26(19)22(33)25(2,14-27)23(37-26)30-12-11-20(31)28-24(30)34/h4-12,15,19,22-23,33H,13H2,1-3H3,(H,29,35)(H,28,31,34)/t15-,19?,22-,23+,25+,26+,40?/m0/s1. The largest absolute Gasteiger partial charge is 0.468 e. The number of aliphatic hydroxyl groups is 1. The van der Waals surface area contributed by atoms with Gasteiger partial charge in [0, 0.05) is 24.1 Å². The first kappa shape index (κ1) is 27.8. The van der Waals surface area contributed by atoms with Crippen LogP contribution in [0.25, 0.3) is 10.8 Å². The lowest BCUT2D eigenvalue weighted by molar-refractivity contribution is -0.142. The van der Waals surface area contributed by atoms with Gasteiger partial charge >= 0.3 is 19.4 Å². The Balaban J connectivity index is 1.47. The van der Waals surface area contributed by atoms with Crippen LogP contribution in [0.4, 0.5) is 0 Å². The predicted molar refractivity (Wildman–Crippen MR) is 140 cm³/mol. The number of ether oxygens (including phenoxy) is 2. The molecule has 1 spiro atoms. The van der Waals surface area contributed by atoms with E-state index in [1.54, 1.807) is 24.3 Å². The number of nitriles is 1. The second kappa shape index (κ2) is 9.99. The number of benzene rings is 2. The molecule has 3 N–H and O–H groups in total. The first-order chi connectivity index (χ1) is 19.0. The molecule has 1 saturated carbocycles. The number of carbonyl (C=O) groups is 1. The van der Waals surface area contributed by atoms with E-state index < -0.39 is 60.5 Å². The van der Waals surface area contributed by atoms with Crippen molar-refractivity contribution in [2.45, 2.75) is 50.3 Å². The summed E-state index contributed by atoms with van der Waals surface area (Å²) in [6.07, 6.45) is -2.68. The molecule has 7 atom stereocenters. The lowest BCUT2D eigenvalue weighted by atomic mass is 9.83. The van der Waals surface area contributed by atoms with E-state index in [0.29, 0.717) is 5.39 Å². The number of nitrogens with zero attached hydrogens (tertiary/aromatic N) is 2. The van der Waals surface area contributed by atoms with Crippen LogP contribution in [0.1, 0.15) is 26.5 Å². The monoisotopic (exact) mass is 570 g/mol. The van der Waals surface area contributed by atoms with Gasteiger partial charge < -0.3 is 19.1 Å². The van der Waals surface area contributed by atoms with Gasteiger partial charge in [0.2, 0.25) is 0 Å². The molecule has 0 bridgehead atoms. The Morgan fingerprint density at radius 2 is 2.00 bits per heavy atom. The summed E-state index contributed by atoms with van der Waals surface area (Å²) >= 11 is 0. The van der Waals surface area contributed by atoms with Crippen LogP contribution in [0, 0.1) is 16.7 Å². The molecule has 3 aromatic rings. The van der Waals surface area contributed by atoms with Gasteiger partial charge in [0.1, 0.15) is 35.0 Å². The van der Waals surface area contributed by atoms with Crippen molar-refractivity contribution in [2.24, 2.45) is 5.41 Å². The van der Waals surface area contributed by atoms with E-state index in [-0.39, 0.29) is 12.2 Å². The molecule has 1 aromatic heterocycles. The zero-order chi connectivity index (χ0) is 28.9. The maximum atomic E-state index is 14.2. The summed E-state index contributed by atoms with van der Waals surface area (Å²) in [5, 5.41) is 25.3. The van der Waals surface area contributed by atoms with Crippen LogP contribution in [0.5, 0.6) is 5.75 Å². The Morgan fingerprint density at radius 1 is 1.27 bits per heavy atom. The minimum atomic E-state index is -4.37. The molecular formula is C26H27N4O9P. The normalized spacial score (nSPS) is 29.4. The molecule has 5 rings (SSSR count). The highest BCUT2D eigenvalue weighted by Crippen LogP contribution is 2.64. The van der Waals surface area contributed by atoms with Crippen LogP contribution in [0.3, 0.4) is 0 Å². The Morgan fingerprint density at radius 3 is 2.70 bits per heavy atom. The number of nitrogens with one attached hydrogen (secondary N) is 2. The second-order valence-electron chi connectivity index (χ2n) is 9.98. The fourth-order valence-corrected chi connectivity index (χ4v) is 6.74. The molecule has 2 heterocycles. The summed E-state index contributed by atoms with van der Waals surface area (Å²) in [6, 6.07) is 14.4. The maximum Gasteiger partial charge on any atom is 0.459 e. The number of aromatic amines is 1. The number of fused-ring (bicyclic) bond motifs is 1. The highest BCUT2D eigenvalue weighted by molar-refractivity contribution is 7.52. The van der Waals surface area contributed by atoms with Gasteiger partial charge in [-0.05, 0) is 25.3 Å². The molecule has 2 fully saturated rings. The van der Waals surface area contributed by atoms with Gasteiger partial charge in [-0.15, -0.1) is 0 Å². The molecule has 2 aliphatic rings. The summed E-state index contributed by atoms with van der Waals surface area (Å²) in [6.45, 7) is 2.83. The lowest BCUT2D eigenvalue weighted by Crippen LogP contribution is -2.41. The number of methoxy groups -OCH3 is 1. The minimum Gasteiger partial charge on any atom is -0.468 e. The fourth-order valence-electron chi connectivity index (χ4n) is 5.00. The van der Waals surface area contributed by atoms with Crippen LogP contribution >= 0.6 is 7.75 Å². The third-order valence-corrected chi connectivity index (χ3v) is 8.92. The number of aliphatic hydroxyl groups excluding tert-OH is 1. The van der Waals surface area contributed by atoms with E-state index in [4.69, 9.17) is 18.5 Å². The number of aromatic nitrogens is 2. The first-order valence-corrected chi connectivity index (χ1v) is 13.9. The van der Waals surface area contributed by atoms with E-state index in [1.165, 1.54) is 27.2 Å². The van der Waals surface area contributed by atoms with Crippen molar-refractivity contribution >= 4 is 24.5 Å². The Hall–Kier alpha value is -3.79. The molecule has 2 unspecified atom stereocenters. The summed E-state index contributed by atoms with van der Waals surface area (Å²) in [7, 11) is -3.19. The Bertz CT molecular complexity index is 1680. The van der Waals surface area contributed by atoms with Crippen molar-refractivity contribution in [1.82, 2.24) is 14.6 Å². The van der Waals surface area contributed by atoms with Crippen molar-refractivity contribution < 1.29 is 33.0 Å². The zero-order valence-electron chi connectivity index (χ0n) is 21.8. The molecule has 1 saturated heterocycles. The molecule has 14 heteroatoms. The number of H-pyrrole nitrogens is 1. The van der Waals surface area contributed by atoms with Gasteiger partial charge in [0.15, 0.2) is 6.23 Å². The van der Waals surface area contributed by atoms with Crippen molar-refractivity contribution in [1.29, 1.82) is 5.26 Å². The van der Waals surface area contributed by atoms with Crippen LogP contribution in [-0.2, 0) is 23.4 Å². The van der Waals surface area contributed by atoms with E-state index >= 15 is 0 Å². The third-order valence-electron chi connectivity index (χ3n) is 7.25.